The first-order chi connectivity index (χ1) is 11.4. The average molecular weight is 350 g/mol. The molecule has 1 amide bonds. The zero-order chi connectivity index (χ0) is 16.9. The van der Waals surface area contributed by atoms with Crippen LogP contribution in [0.4, 0.5) is 0 Å². The Labute approximate surface area is 150 Å². The fraction of sp³-hybridized carbons (Fsp3) is 0.850. The minimum Gasteiger partial charge on any atom is -0.381 e. The predicted octanol–water partition coefficient (Wildman–Crippen LogP) is 4.09. The molecule has 2 bridgehead atoms. The van der Waals surface area contributed by atoms with Gasteiger partial charge in [0.25, 0.3) is 0 Å². The second-order valence-electron chi connectivity index (χ2n) is 9.55. The van der Waals surface area contributed by atoms with Crippen LogP contribution in [0.1, 0.15) is 52.9 Å². The highest BCUT2D eigenvalue weighted by Gasteiger charge is 2.51. The van der Waals surface area contributed by atoms with Crippen LogP contribution in [0.25, 0.3) is 0 Å². The van der Waals surface area contributed by atoms with Gasteiger partial charge in [-0.05, 0) is 53.8 Å². The third-order valence-electron chi connectivity index (χ3n) is 6.43. The summed E-state index contributed by atoms with van der Waals surface area (Å²) in [5.74, 6) is 2.10. The van der Waals surface area contributed by atoms with Crippen molar-refractivity contribution >= 4 is 17.7 Å². The Hall–Kier alpha value is -0.480. The maximum Gasteiger partial charge on any atom is 0.230 e. The van der Waals surface area contributed by atoms with Crippen molar-refractivity contribution in [1.29, 1.82) is 0 Å². The van der Waals surface area contributed by atoms with E-state index in [9.17, 15) is 4.79 Å². The molecule has 3 fully saturated rings. The molecule has 24 heavy (non-hydrogen) atoms. The highest BCUT2D eigenvalue weighted by Crippen LogP contribution is 2.53. The van der Waals surface area contributed by atoms with Crippen molar-refractivity contribution in [2.75, 3.05) is 25.5 Å². The van der Waals surface area contributed by atoms with Crippen LogP contribution >= 0.6 is 11.8 Å². The molecule has 3 aliphatic heterocycles. The summed E-state index contributed by atoms with van der Waals surface area (Å²) in [4.78, 5) is 16.9. The van der Waals surface area contributed by atoms with Crippen molar-refractivity contribution in [3.8, 4) is 0 Å². The average Bonchev–Trinajstić information content (AvgIpc) is 3.09. The molecule has 134 valence electrons. The zero-order valence-electron chi connectivity index (χ0n) is 15.3. The highest BCUT2D eigenvalue weighted by molar-refractivity contribution is 8.03. The molecule has 0 radical (unpaired) electrons. The van der Waals surface area contributed by atoms with E-state index in [1.807, 2.05) is 11.8 Å². The van der Waals surface area contributed by atoms with Crippen molar-refractivity contribution in [2.45, 2.75) is 58.9 Å². The summed E-state index contributed by atoms with van der Waals surface area (Å²) < 4.78 is 5.48. The van der Waals surface area contributed by atoms with E-state index in [-0.39, 0.29) is 5.92 Å². The Morgan fingerprint density at radius 3 is 2.75 bits per heavy atom. The first-order valence-corrected chi connectivity index (χ1v) is 10.6. The van der Waals surface area contributed by atoms with Gasteiger partial charge in [-0.25, -0.2) is 0 Å². The molecule has 2 saturated heterocycles. The first-order valence-electron chi connectivity index (χ1n) is 9.58. The van der Waals surface area contributed by atoms with Crippen molar-refractivity contribution in [2.24, 2.45) is 22.7 Å². The van der Waals surface area contributed by atoms with Crippen molar-refractivity contribution in [1.82, 2.24) is 4.90 Å². The van der Waals surface area contributed by atoms with Crippen molar-refractivity contribution in [3.63, 3.8) is 0 Å². The maximum atomic E-state index is 13.2. The van der Waals surface area contributed by atoms with Gasteiger partial charge in [0.1, 0.15) is 0 Å². The van der Waals surface area contributed by atoms with Gasteiger partial charge >= 0.3 is 0 Å². The third-order valence-corrected chi connectivity index (χ3v) is 7.76. The molecule has 0 N–H and O–H groups in total. The van der Waals surface area contributed by atoms with Gasteiger partial charge in [0.2, 0.25) is 5.91 Å². The molecule has 3 heterocycles. The lowest BCUT2D eigenvalue weighted by Gasteiger charge is -2.39. The smallest absolute Gasteiger partial charge is 0.230 e. The van der Waals surface area contributed by atoms with Gasteiger partial charge in [0.05, 0.1) is 5.92 Å². The number of rotatable bonds is 2. The lowest BCUT2D eigenvalue weighted by molar-refractivity contribution is -0.134. The minimum atomic E-state index is 0.110. The van der Waals surface area contributed by atoms with Crippen molar-refractivity contribution < 1.29 is 9.53 Å². The zero-order valence-corrected chi connectivity index (χ0v) is 16.2. The Bertz CT molecular complexity index is 552. The van der Waals surface area contributed by atoms with Gasteiger partial charge in [-0.15, -0.1) is 11.8 Å². The molecule has 0 aromatic carbocycles. The number of allylic oxidation sites excluding steroid dienone is 1. The van der Waals surface area contributed by atoms with Crippen LogP contribution in [-0.2, 0) is 9.53 Å². The number of nitrogens with zero attached hydrogens (tertiary/aromatic N) is 1. The molecular formula is C20H31NO2S. The van der Waals surface area contributed by atoms with Crippen LogP contribution in [0, 0.1) is 22.7 Å². The maximum absolute atomic E-state index is 13.2. The standard InChI is InChI=1S/C20H31NO2S/c1-19(2)9-16-10-20(3,12-19)13-21(16)18(22)15-8-17(24-11-15)14-4-6-23-7-5-14/h8,14-16H,4-7,9-13H2,1-3H3. The molecule has 4 rings (SSSR count). The molecule has 3 atom stereocenters. The summed E-state index contributed by atoms with van der Waals surface area (Å²) in [6, 6.07) is 0.469. The summed E-state index contributed by atoms with van der Waals surface area (Å²) in [5.41, 5.74) is 0.710. The fourth-order valence-electron chi connectivity index (χ4n) is 5.79. The highest BCUT2D eigenvalue weighted by atomic mass is 32.2. The summed E-state index contributed by atoms with van der Waals surface area (Å²) in [5, 5.41) is 0. The van der Waals surface area contributed by atoms with Gasteiger partial charge in [0, 0.05) is 31.6 Å². The van der Waals surface area contributed by atoms with E-state index in [4.69, 9.17) is 4.74 Å². The van der Waals surface area contributed by atoms with Crippen LogP contribution in [-0.4, -0.2) is 42.4 Å². The molecule has 1 saturated carbocycles. The Kier molecular flexibility index (Phi) is 4.28. The lowest BCUT2D eigenvalue weighted by atomic mass is 9.65. The van der Waals surface area contributed by atoms with Gasteiger partial charge in [-0.3, -0.25) is 4.79 Å². The number of fused-ring (bicyclic) bond motifs is 2. The predicted molar refractivity (Wildman–Crippen MR) is 98.8 cm³/mol. The number of carbonyl (C=O) groups is 1. The molecule has 4 heteroatoms. The molecule has 3 nitrogen and oxygen atoms in total. The summed E-state index contributed by atoms with van der Waals surface area (Å²) in [6.45, 7) is 9.87. The third kappa shape index (κ3) is 3.16. The summed E-state index contributed by atoms with van der Waals surface area (Å²) in [6.07, 6.45) is 8.18. The van der Waals surface area contributed by atoms with E-state index in [2.05, 4.69) is 31.7 Å². The normalized spacial score (nSPS) is 39.1. The van der Waals surface area contributed by atoms with E-state index in [0.29, 0.717) is 28.7 Å². The van der Waals surface area contributed by atoms with Gasteiger partial charge in [0.15, 0.2) is 0 Å². The Morgan fingerprint density at radius 1 is 1.25 bits per heavy atom. The van der Waals surface area contributed by atoms with Gasteiger partial charge in [-0.1, -0.05) is 26.8 Å². The van der Waals surface area contributed by atoms with Crippen LogP contribution in [0.5, 0.6) is 0 Å². The molecule has 0 spiro atoms. The molecule has 3 unspecified atom stereocenters. The largest absolute Gasteiger partial charge is 0.381 e. The lowest BCUT2D eigenvalue weighted by Crippen LogP contribution is -2.40. The second kappa shape index (κ2) is 6.05. The van der Waals surface area contributed by atoms with Gasteiger partial charge < -0.3 is 9.64 Å². The Morgan fingerprint density at radius 2 is 2.00 bits per heavy atom. The number of hydrogen-bond acceptors (Lipinski definition) is 3. The number of ether oxygens (including phenoxy) is 1. The van der Waals surface area contributed by atoms with Crippen LogP contribution in [0.15, 0.2) is 11.0 Å². The number of carbonyl (C=O) groups excluding carboxylic acids is 1. The molecule has 0 aromatic heterocycles. The van der Waals surface area contributed by atoms with E-state index in [1.54, 1.807) is 0 Å². The summed E-state index contributed by atoms with van der Waals surface area (Å²) in [7, 11) is 0. The molecule has 1 aliphatic carbocycles. The quantitative estimate of drug-likeness (QED) is 0.752. The van der Waals surface area contributed by atoms with Crippen molar-refractivity contribution in [3.05, 3.63) is 11.0 Å². The number of likely N-dealkylation sites (tertiary alicyclic amines) is 1. The van der Waals surface area contributed by atoms with E-state index in [0.717, 1.165) is 38.4 Å². The van der Waals surface area contributed by atoms with Crippen LogP contribution in [0.2, 0.25) is 0 Å². The van der Waals surface area contributed by atoms with Gasteiger partial charge in [-0.2, -0.15) is 0 Å². The SMILES string of the molecule is CC1(C)CC2CC(C)(CN2C(=O)C2C=C(C3CCOCC3)SC2)C1. The molecule has 0 aromatic rings. The van der Waals surface area contributed by atoms with Crippen LogP contribution in [0.3, 0.4) is 0 Å². The monoisotopic (exact) mass is 349 g/mol. The molecule has 4 aliphatic rings. The van der Waals surface area contributed by atoms with E-state index in [1.165, 1.54) is 24.2 Å². The number of hydrogen-bond donors (Lipinski definition) is 0. The molecular weight excluding hydrogens is 318 g/mol. The Balaban J connectivity index is 1.46. The second-order valence-corrected chi connectivity index (χ2v) is 10.6. The van der Waals surface area contributed by atoms with E-state index < -0.39 is 0 Å². The number of thioether (sulfide) groups is 1. The number of amides is 1. The first kappa shape index (κ1) is 17.0. The minimum absolute atomic E-state index is 0.110. The topological polar surface area (TPSA) is 29.5 Å². The van der Waals surface area contributed by atoms with Crippen LogP contribution < -0.4 is 0 Å². The fourth-order valence-corrected chi connectivity index (χ4v) is 7.13. The summed E-state index contributed by atoms with van der Waals surface area (Å²) >= 11 is 1.93. The van der Waals surface area contributed by atoms with E-state index >= 15 is 0 Å².